The summed E-state index contributed by atoms with van der Waals surface area (Å²) in [5.41, 5.74) is 7.36. The number of carbonyl (C=O) groups excluding carboxylic acids is 1. The highest BCUT2D eigenvalue weighted by atomic mass is 19.4. The molecule has 1 unspecified atom stereocenters. The molecular formula is C32H39F3N8O4. The Morgan fingerprint density at radius 1 is 1.15 bits per heavy atom. The van der Waals surface area contributed by atoms with Crippen LogP contribution in [0.2, 0.25) is 0 Å². The van der Waals surface area contributed by atoms with E-state index in [4.69, 9.17) is 19.4 Å². The van der Waals surface area contributed by atoms with Gasteiger partial charge in [-0.05, 0) is 49.4 Å². The molecule has 15 heteroatoms. The molecule has 1 aromatic carbocycles. The second kappa shape index (κ2) is 13.4. The standard InChI is InChI=1S/C30H38N8O2.C2HF3O2/c1-17-14-19(6-8-21(17)18(2)34-27(39)28-36-29(37-40-28)30(3,4)5)25-24-22-9-7-20(38-12-10-31-11-13-38)15-23(22)35-26(24)33-16-32-25;3-2(4,5)1(6)7/h6,8,14,16,18,20,31H,7,9-13,15H2,1-5H3,(H,34,39)(H,32,33,35);(H,6,7)/t18-,20?;/m1./s1. The molecule has 0 saturated carbocycles. The maximum Gasteiger partial charge on any atom is 0.490 e. The van der Waals surface area contributed by atoms with E-state index in [9.17, 15) is 18.0 Å². The Kier molecular flexibility index (Phi) is 9.68. The van der Waals surface area contributed by atoms with Gasteiger partial charge in [-0.3, -0.25) is 9.69 Å². The van der Waals surface area contributed by atoms with Crippen molar-refractivity contribution >= 4 is 22.9 Å². The van der Waals surface area contributed by atoms with Crippen LogP contribution in [0, 0.1) is 6.92 Å². The van der Waals surface area contributed by atoms with Crippen LogP contribution in [0.25, 0.3) is 22.3 Å². The van der Waals surface area contributed by atoms with Gasteiger partial charge in [0.15, 0.2) is 5.82 Å². The number of aliphatic carboxylic acids is 1. The lowest BCUT2D eigenvalue weighted by atomic mass is 9.89. The Hall–Kier alpha value is -4.37. The van der Waals surface area contributed by atoms with Gasteiger partial charge < -0.3 is 25.2 Å². The molecule has 3 aromatic heterocycles. The number of aryl methyl sites for hydroxylation is 2. The van der Waals surface area contributed by atoms with Gasteiger partial charge in [0.05, 0.1) is 11.7 Å². The monoisotopic (exact) mass is 656 g/mol. The molecule has 0 radical (unpaired) electrons. The summed E-state index contributed by atoms with van der Waals surface area (Å²) >= 11 is 0. The topological polar surface area (TPSA) is 162 Å². The fourth-order valence-corrected chi connectivity index (χ4v) is 6.08. The number of hydrogen-bond donors (Lipinski definition) is 4. The van der Waals surface area contributed by atoms with E-state index >= 15 is 0 Å². The minimum absolute atomic E-state index is 0.0224. The van der Waals surface area contributed by atoms with Gasteiger partial charge in [0.2, 0.25) is 0 Å². The Bertz CT molecular complexity index is 1760. The molecule has 2 atom stereocenters. The summed E-state index contributed by atoms with van der Waals surface area (Å²) in [5, 5.41) is 18.7. The van der Waals surface area contributed by atoms with Crippen LogP contribution in [0.4, 0.5) is 13.2 Å². The SMILES string of the molecule is Cc1cc(-c2ncnc3[nH]c4c(c23)CCC(N2CCNCC2)C4)ccc1[C@@H](C)NC(=O)c1nc(C(C)(C)C)no1.O=C(O)C(F)(F)F. The quantitative estimate of drug-likeness (QED) is 0.241. The smallest absolute Gasteiger partial charge is 0.475 e. The summed E-state index contributed by atoms with van der Waals surface area (Å²) in [7, 11) is 0. The normalized spacial score (nSPS) is 17.8. The van der Waals surface area contributed by atoms with Gasteiger partial charge in [-0.15, -0.1) is 0 Å². The number of hydrogen-bond acceptors (Lipinski definition) is 9. The van der Waals surface area contributed by atoms with E-state index in [-0.39, 0.29) is 23.3 Å². The van der Waals surface area contributed by atoms with Crippen LogP contribution in [-0.4, -0.2) is 85.4 Å². The Balaban J connectivity index is 0.000000559. The first-order valence-corrected chi connectivity index (χ1v) is 15.5. The first kappa shape index (κ1) is 34.0. The number of aromatic amines is 1. The third-order valence-corrected chi connectivity index (χ3v) is 8.51. The number of aromatic nitrogens is 5. The highest BCUT2D eigenvalue weighted by Gasteiger charge is 2.38. The second-order valence-corrected chi connectivity index (χ2v) is 13.0. The van der Waals surface area contributed by atoms with Crippen LogP contribution in [0.3, 0.4) is 0 Å². The molecule has 12 nitrogen and oxygen atoms in total. The fraction of sp³-hybridized carbons (Fsp3) is 0.500. The van der Waals surface area contributed by atoms with Crippen molar-refractivity contribution in [2.75, 3.05) is 26.2 Å². The van der Waals surface area contributed by atoms with Crippen molar-refractivity contribution < 1.29 is 32.4 Å². The van der Waals surface area contributed by atoms with Gasteiger partial charge in [0.25, 0.3) is 0 Å². The number of piperazine rings is 1. The minimum atomic E-state index is -5.08. The van der Waals surface area contributed by atoms with E-state index in [2.05, 4.69) is 60.8 Å². The first-order valence-electron chi connectivity index (χ1n) is 15.5. The zero-order valence-corrected chi connectivity index (χ0v) is 27.0. The third-order valence-electron chi connectivity index (χ3n) is 8.51. The number of carboxylic acid groups (broad SMARTS) is 1. The van der Waals surface area contributed by atoms with Gasteiger partial charge in [-0.2, -0.15) is 18.2 Å². The number of alkyl halides is 3. The third kappa shape index (κ3) is 7.62. The number of rotatable bonds is 5. The molecule has 47 heavy (non-hydrogen) atoms. The Morgan fingerprint density at radius 2 is 1.85 bits per heavy atom. The predicted molar refractivity (Wildman–Crippen MR) is 167 cm³/mol. The molecule has 252 valence electrons. The van der Waals surface area contributed by atoms with Crippen LogP contribution in [0.1, 0.15) is 79.1 Å². The lowest BCUT2D eigenvalue weighted by molar-refractivity contribution is -0.192. The number of amides is 1. The molecule has 0 spiro atoms. The average molecular weight is 657 g/mol. The molecule has 1 aliphatic carbocycles. The highest BCUT2D eigenvalue weighted by Crippen LogP contribution is 2.36. The maximum absolute atomic E-state index is 12.8. The van der Waals surface area contributed by atoms with Crippen molar-refractivity contribution in [1.82, 2.24) is 40.6 Å². The first-order chi connectivity index (χ1) is 22.1. The van der Waals surface area contributed by atoms with E-state index < -0.39 is 12.1 Å². The molecule has 1 amide bonds. The highest BCUT2D eigenvalue weighted by molar-refractivity contribution is 5.95. The summed E-state index contributed by atoms with van der Waals surface area (Å²) in [6.07, 6.45) is -0.231. The molecule has 4 heterocycles. The number of halogens is 3. The summed E-state index contributed by atoms with van der Waals surface area (Å²) < 4.78 is 37.0. The molecule has 6 rings (SSSR count). The van der Waals surface area contributed by atoms with Crippen LogP contribution >= 0.6 is 0 Å². The maximum atomic E-state index is 12.8. The van der Waals surface area contributed by atoms with E-state index in [0.29, 0.717) is 11.9 Å². The zero-order valence-electron chi connectivity index (χ0n) is 27.0. The lowest BCUT2D eigenvalue weighted by Gasteiger charge is -2.37. The summed E-state index contributed by atoms with van der Waals surface area (Å²) in [6, 6.07) is 6.64. The van der Waals surface area contributed by atoms with Gasteiger partial charge in [0.1, 0.15) is 12.0 Å². The van der Waals surface area contributed by atoms with Crippen LogP contribution in [0.5, 0.6) is 0 Å². The van der Waals surface area contributed by atoms with Crippen LogP contribution in [0.15, 0.2) is 29.0 Å². The van der Waals surface area contributed by atoms with E-state index in [1.165, 1.54) is 11.3 Å². The number of nitrogens with zero attached hydrogens (tertiary/aromatic N) is 5. The predicted octanol–water partition coefficient (Wildman–Crippen LogP) is 4.50. The summed E-state index contributed by atoms with van der Waals surface area (Å²) in [6.45, 7) is 14.3. The van der Waals surface area contributed by atoms with Crippen molar-refractivity contribution in [3.63, 3.8) is 0 Å². The molecule has 2 aliphatic rings. The number of fused-ring (bicyclic) bond motifs is 3. The second-order valence-electron chi connectivity index (χ2n) is 13.0. The van der Waals surface area contributed by atoms with Crippen molar-refractivity contribution in [3.8, 4) is 11.3 Å². The van der Waals surface area contributed by atoms with E-state index in [1.807, 2.05) is 27.7 Å². The fourth-order valence-electron chi connectivity index (χ4n) is 6.08. The van der Waals surface area contributed by atoms with Gasteiger partial charge in [-0.25, -0.2) is 14.8 Å². The number of benzene rings is 1. The molecule has 1 fully saturated rings. The van der Waals surface area contributed by atoms with Gasteiger partial charge in [-0.1, -0.05) is 38.1 Å². The lowest BCUT2D eigenvalue weighted by Crippen LogP contribution is -2.50. The largest absolute Gasteiger partial charge is 0.490 e. The molecule has 0 bridgehead atoms. The number of nitrogens with one attached hydrogen (secondary N) is 3. The van der Waals surface area contributed by atoms with Gasteiger partial charge >= 0.3 is 23.9 Å². The summed E-state index contributed by atoms with van der Waals surface area (Å²) in [4.78, 5) is 41.6. The minimum Gasteiger partial charge on any atom is -0.475 e. The van der Waals surface area contributed by atoms with Crippen molar-refractivity contribution in [3.05, 3.63) is 58.6 Å². The van der Waals surface area contributed by atoms with Crippen molar-refractivity contribution in [1.29, 1.82) is 0 Å². The molecule has 1 aliphatic heterocycles. The van der Waals surface area contributed by atoms with E-state index in [1.54, 1.807) is 6.33 Å². The van der Waals surface area contributed by atoms with Crippen LogP contribution in [-0.2, 0) is 23.1 Å². The zero-order chi connectivity index (χ0) is 34.1. The number of H-pyrrole nitrogens is 1. The number of carboxylic acids is 1. The summed E-state index contributed by atoms with van der Waals surface area (Å²) in [5.74, 6) is -2.65. The average Bonchev–Trinajstić information content (AvgIpc) is 3.67. The molecule has 4 aromatic rings. The molecule has 4 N–H and O–H groups in total. The molecule has 1 saturated heterocycles. The Morgan fingerprint density at radius 3 is 2.47 bits per heavy atom. The molecular weight excluding hydrogens is 617 g/mol. The number of carbonyl (C=O) groups is 2. The Labute approximate surface area is 269 Å². The van der Waals surface area contributed by atoms with Gasteiger partial charge in [0, 0.05) is 60.7 Å². The van der Waals surface area contributed by atoms with Crippen LogP contribution < -0.4 is 10.6 Å². The van der Waals surface area contributed by atoms with E-state index in [0.717, 1.165) is 78.9 Å². The van der Waals surface area contributed by atoms with Crippen molar-refractivity contribution in [2.24, 2.45) is 0 Å². The van der Waals surface area contributed by atoms with Crippen molar-refractivity contribution in [2.45, 2.75) is 77.6 Å².